The van der Waals surface area contributed by atoms with E-state index in [2.05, 4.69) is 29.5 Å². The molecule has 1 heterocycles. The molecule has 0 saturated carbocycles. The van der Waals surface area contributed by atoms with Crippen molar-refractivity contribution in [3.8, 4) is 6.07 Å². The van der Waals surface area contributed by atoms with Gasteiger partial charge in [-0.15, -0.1) is 0 Å². The molecule has 2 aromatic rings. The summed E-state index contributed by atoms with van der Waals surface area (Å²) in [5.74, 6) is 0. The van der Waals surface area contributed by atoms with Crippen LogP contribution in [0.5, 0.6) is 0 Å². The van der Waals surface area contributed by atoms with Gasteiger partial charge in [0.15, 0.2) is 0 Å². The minimum atomic E-state index is 0.696. The number of anilines is 1. The van der Waals surface area contributed by atoms with Crippen LogP contribution in [0.4, 0.5) is 5.69 Å². The lowest BCUT2D eigenvalue weighted by molar-refractivity contribution is 0.574. The molecule has 1 N–H and O–H groups in total. The molecule has 1 aromatic carbocycles. The Bertz CT molecular complexity index is 634. The largest absolute Gasteiger partial charge is 0.384 e. The molecule has 0 bridgehead atoms. The topological polar surface area (TPSA) is 53.6 Å². The summed E-state index contributed by atoms with van der Waals surface area (Å²) in [6.07, 6.45) is 0.973. The SMILES string of the molecule is Cc1ccc(C#N)c(NCCCn2nc(C)cc2C)c1. The quantitative estimate of drug-likeness (QED) is 0.847. The van der Waals surface area contributed by atoms with Gasteiger partial charge in [-0.25, -0.2) is 0 Å². The summed E-state index contributed by atoms with van der Waals surface area (Å²) in [5, 5.41) is 16.9. The summed E-state index contributed by atoms with van der Waals surface area (Å²) in [7, 11) is 0. The molecule has 0 aliphatic carbocycles. The summed E-state index contributed by atoms with van der Waals surface area (Å²) >= 11 is 0. The Morgan fingerprint density at radius 1 is 1.25 bits per heavy atom. The molecule has 0 fully saturated rings. The van der Waals surface area contributed by atoms with Crippen molar-refractivity contribution in [2.24, 2.45) is 0 Å². The van der Waals surface area contributed by atoms with E-state index in [4.69, 9.17) is 5.26 Å². The van der Waals surface area contributed by atoms with Crippen molar-refractivity contribution in [3.05, 3.63) is 46.8 Å². The van der Waals surface area contributed by atoms with Crippen LogP contribution in [0.1, 0.15) is 28.9 Å². The highest BCUT2D eigenvalue weighted by Crippen LogP contribution is 2.16. The van der Waals surface area contributed by atoms with Crippen molar-refractivity contribution in [3.63, 3.8) is 0 Å². The molecule has 20 heavy (non-hydrogen) atoms. The fourth-order valence-electron chi connectivity index (χ4n) is 2.26. The summed E-state index contributed by atoms with van der Waals surface area (Å²) in [6, 6.07) is 10.1. The zero-order chi connectivity index (χ0) is 14.5. The highest BCUT2D eigenvalue weighted by Gasteiger charge is 2.03. The first-order valence-electron chi connectivity index (χ1n) is 6.86. The number of hydrogen-bond donors (Lipinski definition) is 1. The van der Waals surface area contributed by atoms with Gasteiger partial charge in [-0.3, -0.25) is 4.68 Å². The van der Waals surface area contributed by atoms with Crippen LogP contribution >= 0.6 is 0 Å². The second-order valence-electron chi connectivity index (χ2n) is 5.09. The van der Waals surface area contributed by atoms with Gasteiger partial charge in [0.05, 0.1) is 16.9 Å². The molecule has 0 unspecified atom stereocenters. The normalized spacial score (nSPS) is 10.3. The van der Waals surface area contributed by atoms with Gasteiger partial charge < -0.3 is 5.32 Å². The lowest BCUT2D eigenvalue weighted by Gasteiger charge is -2.09. The van der Waals surface area contributed by atoms with Crippen LogP contribution in [0.3, 0.4) is 0 Å². The van der Waals surface area contributed by atoms with E-state index in [0.29, 0.717) is 5.56 Å². The van der Waals surface area contributed by atoms with Gasteiger partial charge in [0.1, 0.15) is 6.07 Å². The molecule has 1 aromatic heterocycles. The number of aromatic nitrogens is 2. The lowest BCUT2D eigenvalue weighted by atomic mass is 10.1. The molecule has 0 radical (unpaired) electrons. The molecule has 0 spiro atoms. The van der Waals surface area contributed by atoms with Crippen LogP contribution in [0.2, 0.25) is 0 Å². The van der Waals surface area contributed by atoms with Gasteiger partial charge in [0, 0.05) is 18.8 Å². The van der Waals surface area contributed by atoms with E-state index in [1.54, 1.807) is 0 Å². The van der Waals surface area contributed by atoms with Crippen LogP contribution in [-0.2, 0) is 6.54 Å². The number of benzene rings is 1. The highest BCUT2D eigenvalue weighted by atomic mass is 15.3. The molecule has 0 aliphatic heterocycles. The maximum Gasteiger partial charge on any atom is 0.101 e. The molecule has 104 valence electrons. The summed E-state index contributed by atoms with van der Waals surface area (Å²) in [5.41, 5.74) is 5.02. The molecule has 4 heteroatoms. The van der Waals surface area contributed by atoms with Gasteiger partial charge in [0.2, 0.25) is 0 Å². The monoisotopic (exact) mass is 268 g/mol. The predicted octanol–water partition coefficient (Wildman–Crippen LogP) is 3.18. The second kappa shape index (κ2) is 6.25. The van der Waals surface area contributed by atoms with Crippen molar-refractivity contribution < 1.29 is 0 Å². The maximum atomic E-state index is 9.08. The minimum Gasteiger partial charge on any atom is -0.384 e. The van der Waals surface area contributed by atoms with Crippen molar-refractivity contribution >= 4 is 5.69 Å². The third kappa shape index (κ3) is 3.39. The number of aryl methyl sites for hydroxylation is 4. The van der Waals surface area contributed by atoms with E-state index in [1.807, 2.05) is 36.7 Å². The van der Waals surface area contributed by atoms with E-state index in [-0.39, 0.29) is 0 Å². The van der Waals surface area contributed by atoms with Gasteiger partial charge in [-0.2, -0.15) is 10.4 Å². The Hall–Kier alpha value is -2.28. The predicted molar refractivity (Wildman–Crippen MR) is 80.7 cm³/mol. The Morgan fingerprint density at radius 3 is 2.70 bits per heavy atom. The number of nitrogens with one attached hydrogen (secondary N) is 1. The van der Waals surface area contributed by atoms with Crippen molar-refractivity contribution in [2.75, 3.05) is 11.9 Å². The average Bonchev–Trinajstić information content (AvgIpc) is 2.73. The fraction of sp³-hybridized carbons (Fsp3) is 0.375. The summed E-state index contributed by atoms with van der Waals surface area (Å²) < 4.78 is 2.03. The molecule has 0 aliphatic rings. The van der Waals surface area contributed by atoms with E-state index in [1.165, 1.54) is 5.69 Å². The Labute approximate surface area is 120 Å². The molecular weight excluding hydrogens is 248 g/mol. The third-order valence-corrected chi connectivity index (χ3v) is 3.26. The van der Waals surface area contributed by atoms with Gasteiger partial charge in [-0.1, -0.05) is 6.07 Å². The van der Waals surface area contributed by atoms with E-state index in [9.17, 15) is 0 Å². The zero-order valence-electron chi connectivity index (χ0n) is 12.3. The minimum absolute atomic E-state index is 0.696. The Kier molecular flexibility index (Phi) is 4.41. The maximum absolute atomic E-state index is 9.08. The summed E-state index contributed by atoms with van der Waals surface area (Å²) in [6.45, 7) is 7.83. The molecule has 4 nitrogen and oxygen atoms in total. The Morgan fingerprint density at radius 2 is 2.05 bits per heavy atom. The summed E-state index contributed by atoms with van der Waals surface area (Å²) in [4.78, 5) is 0. The van der Waals surface area contributed by atoms with Crippen molar-refractivity contribution in [1.29, 1.82) is 5.26 Å². The van der Waals surface area contributed by atoms with Crippen molar-refractivity contribution in [1.82, 2.24) is 9.78 Å². The molecule has 0 atom stereocenters. The third-order valence-electron chi connectivity index (χ3n) is 3.26. The van der Waals surface area contributed by atoms with Gasteiger partial charge in [-0.05, 0) is 51.0 Å². The van der Waals surface area contributed by atoms with Crippen LogP contribution in [0, 0.1) is 32.1 Å². The van der Waals surface area contributed by atoms with Gasteiger partial charge in [0.25, 0.3) is 0 Å². The Balaban J connectivity index is 1.89. The van der Waals surface area contributed by atoms with Crippen molar-refractivity contribution in [2.45, 2.75) is 33.7 Å². The molecule has 0 saturated heterocycles. The number of hydrogen-bond acceptors (Lipinski definition) is 3. The van der Waals surface area contributed by atoms with Crippen LogP contribution in [0.25, 0.3) is 0 Å². The first-order chi connectivity index (χ1) is 9.60. The number of rotatable bonds is 5. The first kappa shape index (κ1) is 14.1. The number of nitriles is 1. The standard InChI is InChI=1S/C16H20N4/c1-12-5-6-15(11-17)16(9-12)18-7-4-8-20-14(3)10-13(2)19-20/h5-6,9-10,18H,4,7-8H2,1-3H3. The van der Waals surface area contributed by atoms with Crippen LogP contribution in [0.15, 0.2) is 24.3 Å². The molecular formula is C16H20N4. The first-order valence-corrected chi connectivity index (χ1v) is 6.86. The van der Waals surface area contributed by atoms with Crippen LogP contribution in [-0.4, -0.2) is 16.3 Å². The van der Waals surface area contributed by atoms with E-state index >= 15 is 0 Å². The van der Waals surface area contributed by atoms with E-state index < -0.39 is 0 Å². The molecule has 0 amide bonds. The highest BCUT2D eigenvalue weighted by molar-refractivity contribution is 5.58. The number of nitrogens with zero attached hydrogens (tertiary/aromatic N) is 3. The van der Waals surface area contributed by atoms with Crippen LogP contribution < -0.4 is 5.32 Å². The van der Waals surface area contributed by atoms with E-state index in [0.717, 1.165) is 36.5 Å². The second-order valence-corrected chi connectivity index (χ2v) is 5.09. The van der Waals surface area contributed by atoms with Gasteiger partial charge >= 0.3 is 0 Å². The smallest absolute Gasteiger partial charge is 0.101 e. The molecule has 2 rings (SSSR count). The lowest BCUT2D eigenvalue weighted by Crippen LogP contribution is -2.09. The zero-order valence-corrected chi connectivity index (χ0v) is 12.3. The fourth-order valence-corrected chi connectivity index (χ4v) is 2.26. The average molecular weight is 268 g/mol.